The van der Waals surface area contributed by atoms with Crippen LogP contribution in [0.3, 0.4) is 0 Å². The molecule has 1 aliphatic heterocycles. The third-order valence-electron chi connectivity index (χ3n) is 3.64. The molecule has 0 bridgehead atoms. The maximum Gasteiger partial charge on any atom is 0.134 e. The van der Waals surface area contributed by atoms with Gasteiger partial charge < -0.3 is 15.5 Å². The molecular weight excluding hydrogens is 226 g/mol. The molecule has 0 spiro atoms. The first kappa shape index (κ1) is 13.1. The van der Waals surface area contributed by atoms with Gasteiger partial charge in [0.15, 0.2) is 0 Å². The van der Waals surface area contributed by atoms with Crippen molar-refractivity contribution in [1.29, 1.82) is 0 Å². The largest absolute Gasteiger partial charge is 0.384 e. The van der Waals surface area contributed by atoms with Gasteiger partial charge in [0.05, 0.1) is 0 Å². The van der Waals surface area contributed by atoms with Crippen LogP contribution in [0.2, 0.25) is 0 Å². The lowest BCUT2D eigenvalue weighted by molar-refractivity contribution is 0.314. The Morgan fingerprint density at radius 1 is 1.50 bits per heavy atom. The summed E-state index contributed by atoms with van der Waals surface area (Å²) in [6, 6.07) is 2.48. The predicted molar refractivity (Wildman–Crippen MR) is 74.7 cm³/mol. The van der Waals surface area contributed by atoms with E-state index in [9.17, 15) is 0 Å². The number of hydrogen-bond donors (Lipinski definition) is 1. The summed E-state index contributed by atoms with van der Waals surface area (Å²) < 4.78 is 0. The minimum atomic E-state index is 0.559. The van der Waals surface area contributed by atoms with Crippen molar-refractivity contribution >= 4 is 11.6 Å². The number of aromatic nitrogens is 2. The zero-order valence-corrected chi connectivity index (χ0v) is 11.6. The molecule has 0 aliphatic carbocycles. The molecule has 0 saturated carbocycles. The van der Waals surface area contributed by atoms with Gasteiger partial charge in [-0.3, -0.25) is 0 Å². The van der Waals surface area contributed by atoms with Crippen LogP contribution in [0.25, 0.3) is 0 Å². The number of aryl methyl sites for hydroxylation is 1. The summed E-state index contributed by atoms with van der Waals surface area (Å²) in [7, 11) is 4.27. The van der Waals surface area contributed by atoms with Crippen molar-refractivity contribution in [2.75, 3.05) is 37.8 Å². The second-order valence-electron chi connectivity index (χ2n) is 5.08. The molecule has 1 unspecified atom stereocenters. The summed E-state index contributed by atoms with van der Waals surface area (Å²) in [5.74, 6) is 2.31. The van der Waals surface area contributed by atoms with Crippen LogP contribution in [-0.4, -0.2) is 48.1 Å². The van der Waals surface area contributed by atoms with Crippen molar-refractivity contribution in [2.24, 2.45) is 0 Å². The highest BCUT2D eigenvalue weighted by molar-refractivity contribution is 5.46. The normalized spacial score (nSPS) is 20.3. The summed E-state index contributed by atoms with van der Waals surface area (Å²) in [6.45, 7) is 4.24. The van der Waals surface area contributed by atoms with Gasteiger partial charge in [-0.2, -0.15) is 0 Å². The Bertz CT molecular complexity index is 406. The molecule has 1 fully saturated rings. The van der Waals surface area contributed by atoms with Crippen LogP contribution < -0.4 is 10.6 Å². The minimum absolute atomic E-state index is 0.559. The molecule has 1 aliphatic rings. The summed E-state index contributed by atoms with van der Waals surface area (Å²) in [5.41, 5.74) is 5.82. The van der Waals surface area contributed by atoms with Crippen LogP contribution >= 0.6 is 0 Å². The van der Waals surface area contributed by atoms with E-state index in [0.717, 1.165) is 24.6 Å². The third-order valence-corrected chi connectivity index (χ3v) is 3.64. The standard InChI is InChI=1S/C13H23N5/c1-4-12-15-11(14)8-13(16-12)18(3)9-10-6-5-7-17(10)2/h8,10H,4-7,9H2,1-3H3,(H2,14,15,16). The predicted octanol–water partition coefficient (Wildman–Crippen LogP) is 1.15. The molecule has 2 N–H and O–H groups in total. The lowest BCUT2D eigenvalue weighted by Gasteiger charge is -2.26. The number of likely N-dealkylation sites (tertiary alicyclic amines) is 1. The Morgan fingerprint density at radius 3 is 2.89 bits per heavy atom. The first-order chi connectivity index (χ1) is 8.60. The second-order valence-corrected chi connectivity index (χ2v) is 5.08. The number of nitrogens with zero attached hydrogens (tertiary/aromatic N) is 4. The van der Waals surface area contributed by atoms with Crippen molar-refractivity contribution in [3.8, 4) is 0 Å². The van der Waals surface area contributed by atoms with Gasteiger partial charge >= 0.3 is 0 Å². The van der Waals surface area contributed by atoms with Gasteiger partial charge in [0, 0.05) is 32.1 Å². The van der Waals surface area contributed by atoms with E-state index >= 15 is 0 Å². The topological polar surface area (TPSA) is 58.3 Å². The Labute approximate surface area is 109 Å². The van der Waals surface area contributed by atoms with Crippen molar-refractivity contribution in [3.05, 3.63) is 11.9 Å². The minimum Gasteiger partial charge on any atom is -0.384 e. The van der Waals surface area contributed by atoms with E-state index in [1.54, 1.807) is 0 Å². The van der Waals surface area contributed by atoms with E-state index in [4.69, 9.17) is 5.73 Å². The van der Waals surface area contributed by atoms with Crippen molar-refractivity contribution < 1.29 is 0 Å². The zero-order valence-electron chi connectivity index (χ0n) is 11.6. The van der Waals surface area contributed by atoms with Gasteiger partial charge in [-0.25, -0.2) is 9.97 Å². The van der Waals surface area contributed by atoms with E-state index in [1.807, 2.05) is 13.0 Å². The number of hydrogen-bond acceptors (Lipinski definition) is 5. The highest BCUT2D eigenvalue weighted by Gasteiger charge is 2.22. The Hall–Kier alpha value is -1.36. The lowest BCUT2D eigenvalue weighted by Crippen LogP contribution is -2.37. The first-order valence-electron chi connectivity index (χ1n) is 6.65. The van der Waals surface area contributed by atoms with E-state index in [2.05, 4.69) is 33.9 Å². The molecule has 0 radical (unpaired) electrons. The number of nitrogens with two attached hydrogens (primary N) is 1. The van der Waals surface area contributed by atoms with Gasteiger partial charge in [0.25, 0.3) is 0 Å². The van der Waals surface area contributed by atoms with Gasteiger partial charge in [-0.15, -0.1) is 0 Å². The van der Waals surface area contributed by atoms with E-state index in [1.165, 1.54) is 19.4 Å². The molecule has 1 saturated heterocycles. The number of rotatable bonds is 4. The van der Waals surface area contributed by atoms with E-state index in [-0.39, 0.29) is 0 Å². The van der Waals surface area contributed by atoms with Crippen molar-refractivity contribution in [2.45, 2.75) is 32.2 Å². The SMILES string of the molecule is CCc1nc(N)cc(N(C)CC2CCCN2C)n1. The molecule has 5 heteroatoms. The second kappa shape index (κ2) is 5.52. The molecule has 100 valence electrons. The van der Waals surface area contributed by atoms with Crippen molar-refractivity contribution in [3.63, 3.8) is 0 Å². The highest BCUT2D eigenvalue weighted by Crippen LogP contribution is 2.19. The highest BCUT2D eigenvalue weighted by atomic mass is 15.2. The van der Waals surface area contributed by atoms with Crippen LogP contribution in [0.1, 0.15) is 25.6 Å². The molecule has 0 aromatic carbocycles. The number of nitrogen functional groups attached to an aromatic ring is 1. The maximum atomic E-state index is 5.82. The van der Waals surface area contributed by atoms with Crippen LogP contribution in [0.4, 0.5) is 11.6 Å². The Kier molecular flexibility index (Phi) is 4.01. The summed E-state index contributed by atoms with van der Waals surface area (Å²) in [4.78, 5) is 13.3. The fourth-order valence-electron chi connectivity index (χ4n) is 2.48. The summed E-state index contributed by atoms with van der Waals surface area (Å²) >= 11 is 0. The third kappa shape index (κ3) is 2.90. The molecule has 1 aromatic heterocycles. The number of likely N-dealkylation sites (N-methyl/N-ethyl adjacent to an activating group) is 2. The smallest absolute Gasteiger partial charge is 0.134 e. The van der Waals surface area contributed by atoms with E-state index in [0.29, 0.717) is 11.9 Å². The Morgan fingerprint density at radius 2 is 2.28 bits per heavy atom. The van der Waals surface area contributed by atoms with Crippen LogP contribution in [0.15, 0.2) is 6.07 Å². The Balaban J connectivity index is 2.08. The molecule has 0 amide bonds. The average Bonchev–Trinajstić information content (AvgIpc) is 2.74. The van der Waals surface area contributed by atoms with E-state index < -0.39 is 0 Å². The van der Waals surface area contributed by atoms with Gasteiger partial charge in [-0.1, -0.05) is 6.92 Å². The monoisotopic (exact) mass is 249 g/mol. The van der Waals surface area contributed by atoms with Gasteiger partial charge in [0.2, 0.25) is 0 Å². The van der Waals surface area contributed by atoms with Crippen LogP contribution in [0, 0.1) is 0 Å². The molecule has 1 atom stereocenters. The van der Waals surface area contributed by atoms with Crippen LogP contribution in [-0.2, 0) is 6.42 Å². The summed E-state index contributed by atoms with van der Waals surface area (Å²) in [5, 5.41) is 0. The maximum absolute atomic E-state index is 5.82. The van der Waals surface area contributed by atoms with Crippen molar-refractivity contribution in [1.82, 2.24) is 14.9 Å². The van der Waals surface area contributed by atoms with Crippen LogP contribution in [0.5, 0.6) is 0 Å². The molecule has 2 heterocycles. The fraction of sp³-hybridized carbons (Fsp3) is 0.692. The molecule has 2 rings (SSSR count). The molecule has 5 nitrogen and oxygen atoms in total. The van der Waals surface area contributed by atoms with Gasteiger partial charge in [0.1, 0.15) is 17.5 Å². The molecular formula is C13H23N5. The van der Waals surface area contributed by atoms with Gasteiger partial charge in [-0.05, 0) is 26.4 Å². The average molecular weight is 249 g/mol. The lowest BCUT2D eigenvalue weighted by atomic mass is 10.2. The fourth-order valence-corrected chi connectivity index (χ4v) is 2.48. The quantitative estimate of drug-likeness (QED) is 0.867. The number of anilines is 2. The first-order valence-corrected chi connectivity index (χ1v) is 6.65. The molecule has 18 heavy (non-hydrogen) atoms. The zero-order chi connectivity index (χ0) is 13.1. The summed E-state index contributed by atoms with van der Waals surface area (Å²) in [6.07, 6.45) is 3.37. The molecule has 1 aromatic rings.